The van der Waals surface area contributed by atoms with Gasteiger partial charge in [0.2, 0.25) is 6.33 Å². The molecule has 1 aliphatic heterocycles. The number of rotatable bonds is 6. The van der Waals surface area contributed by atoms with Gasteiger partial charge in [0.15, 0.2) is 0 Å². The summed E-state index contributed by atoms with van der Waals surface area (Å²) in [5, 5.41) is 14.8. The third-order valence-electron chi connectivity index (χ3n) is 6.31. The van der Waals surface area contributed by atoms with Gasteiger partial charge in [-0.2, -0.15) is 9.78 Å². The lowest BCUT2D eigenvalue weighted by molar-refractivity contribution is -0.765. The topological polar surface area (TPSA) is 81.8 Å². The van der Waals surface area contributed by atoms with Gasteiger partial charge in [0, 0.05) is 58.5 Å². The molecule has 33 heavy (non-hydrogen) atoms. The van der Waals surface area contributed by atoms with E-state index in [9.17, 15) is 13.9 Å². The molecule has 7 nitrogen and oxygen atoms in total. The summed E-state index contributed by atoms with van der Waals surface area (Å²) in [6.07, 6.45) is 8.92. The molecule has 170 valence electrons. The van der Waals surface area contributed by atoms with Gasteiger partial charge in [-0.05, 0) is 36.0 Å². The molecule has 0 saturated carbocycles. The first-order valence-corrected chi connectivity index (χ1v) is 11.4. The van der Waals surface area contributed by atoms with Crippen LogP contribution in [0.3, 0.4) is 0 Å². The Labute approximate surface area is 193 Å². The Bertz CT molecular complexity index is 1250. The lowest BCUT2D eigenvalue weighted by atomic mass is 9.84. The van der Waals surface area contributed by atoms with Crippen molar-refractivity contribution in [3.8, 4) is 10.4 Å². The van der Waals surface area contributed by atoms with E-state index in [1.807, 2.05) is 6.92 Å². The Morgan fingerprint density at radius 1 is 1.24 bits per heavy atom. The third-order valence-corrected chi connectivity index (χ3v) is 7.52. The molecule has 2 N–H and O–H groups in total. The molecule has 0 amide bonds. The minimum Gasteiger partial charge on any atom is -0.379 e. The second-order valence-corrected chi connectivity index (χ2v) is 9.42. The minimum absolute atomic E-state index is 0.0388. The van der Waals surface area contributed by atoms with Gasteiger partial charge in [0.25, 0.3) is 0 Å². The summed E-state index contributed by atoms with van der Waals surface area (Å²) in [6.45, 7) is 3.24. The Morgan fingerprint density at radius 3 is 2.79 bits per heavy atom. The van der Waals surface area contributed by atoms with Crippen LogP contribution in [0.25, 0.3) is 10.4 Å². The van der Waals surface area contributed by atoms with Crippen LogP contribution in [0.5, 0.6) is 0 Å². The van der Waals surface area contributed by atoms with Gasteiger partial charge in [0.05, 0.1) is 0 Å². The Hall–Kier alpha value is -3.08. The highest BCUT2D eigenvalue weighted by Gasteiger charge is 2.44. The summed E-state index contributed by atoms with van der Waals surface area (Å²) in [7, 11) is 0. The fourth-order valence-electron chi connectivity index (χ4n) is 4.42. The van der Waals surface area contributed by atoms with Gasteiger partial charge < -0.3 is 5.11 Å². The number of nitrogens with zero attached hydrogens (tertiary/aromatic N) is 5. The number of thiophene rings is 1. The third kappa shape index (κ3) is 4.17. The summed E-state index contributed by atoms with van der Waals surface area (Å²) >= 11 is 1.68. The molecular weight excluding hydrogens is 446 g/mol. The molecule has 3 aromatic heterocycles. The normalized spacial score (nSPS) is 16.8. The summed E-state index contributed by atoms with van der Waals surface area (Å²) in [5.41, 5.74) is 0.663. The number of H-pyrrole nitrogens is 1. The van der Waals surface area contributed by atoms with E-state index in [0.29, 0.717) is 13.1 Å². The number of aliphatic hydroxyl groups is 1. The number of hydrogen-bond acceptors (Lipinski definition) is 6. The predicted octanol–water partition coefficient (Wildman–Crippen LogP) is 2.83. The van der Waals surface area contributed by atoms with Gasteiger partial charge in [-0.15, -0.1) is 11.3 Å². The van der Waals surface area contributed by atoms with Gasteiger partial charge in [-0.25, -0.2) is 18.7 Å². The zero-order valence-corrected chi connectivity index (χ0v) is 18.8. The van der Waals surface area contributed by atoms with E-state index in [1.54, 1.807) is 28.4 Å². The average Bonchev–Trinajstić information content (AvgIpc) is 3.48. The van der Waals surface area contributed by atoms with E-state index in [0.717, 1.165) is 22.9 Å². The summed E-state index contributed by atoms with van der Waals surface area (Å²) in [6, 6.07) is 5.02. The highest BCUT2D eigenvalue weighted by atomic mass is 32.1. The van der Waals surface area contributed by atoms with Crippen LogP contribution in [-0.4, -0.2) is 42.6 Å². The maximum atomic E-state index is 14.9. The van der Waals surface area contributed by atoms with E-state index in [4.69, 9.17) is 0 Å². The summed E-state index contributed by atoms with van der Waals surface area (Å²) < 4.78 is 30.1. The van der Waals surface area contributed by atoms with Gasteiger partial charge >= 0.3 is 6.33 Å². The van der Waals surface area contributed by atoms with E-state index in [1.165, 1.54) is 41.6 Å². The molecule has 1 aromatic carbocycles. The number of nitrogens with one attached hydrogen (secondary N) is 1. The van der Waals surface area contributed by atoms with Crippen LogP contribution >= 0.6 is 11.3 Å². The zero-order valence-electron chi connectivity index (χ0n) is 17.9. The Balaban J connectivity index is 1.46. The zero-order chi connectivity index (χ0) is 23.0. The first-order valence-electron chi connectivity index (χ1n) is 10.6. The molecule has 10 heteroatoms. The SMILES string of the molecule is C[C@@H](N1CCc2cc(-c3cncnc3)sc2C1)[C@](O)(C[n+]1cnc[nH]1)c1ccc(F)cc1F. The van der Waals surface area contributed by atoms with Crippen LogP contribution in [0, 0.1) is 11.6 Å². The van der Waals surface area contributed by atoms with Crippen LogP contribution in [0.15, 0.2) is 55.6 Å². The molecule has 0 unspecified atom stereocenters. The molecule has 2 atom stereocenters. The quantitative estimate of drug-likeness (QED) is 0.425. The van der Waals surface area contributed by atoms with Crippen molar-refractivity contribution in [2.24, 2.45) is 0 Å². The lowest BCUT2D eigenvalue weighted by Crippen LogP contribution is -2.58. The number of benzene rings is 1. The number of hydrogen-bond donors (Lipinski definition) is 2. The van der Waals surface area contributed by atoms with E-state index in [-0.39, 0.29) is 12.1 Å². The maximum absolute atomic E-state index is 14.9. The molecular formula is C23H23F2N6OS+. The fraction of sp³-hybridized carbons (Fsp3) is 0.304. The number of aromatic nitrogens is 5. The van der Waals surface area contributed by atoms with Crippen LogP contribution < -0.4 is 4.68 Å². The highest BCUT2D eigenvalue weighted by molar-refractivity contribution is 7.15. The van der Waals surface area contributed by atoms with Crippen molar-refractivity contribution >= 4 is 11.3 Å². The molecule has 1 aliphatic rings. The molecule has 0 radical (unpaired) electrons. The fourth-order valence-corrected chi connectivity index (χ4v) is 5.64. The van der Waals surface area contributed by atoms with Crippen molar-refractivity contribution in [1.82, 2.24) is 25.0 Å². The largest absolute Gasteiger partial charge is 0.379 e. The van der Waals surface area contributed by atoms with Gasteiger partial charge in [-0.1, -0.05) is 6.07 Å². The van der Waals surface area contributed by atoms with Gasteiger partial charge in [-0.3, -0.25) is 4.90 Å². The molecule has 5 rings (SSSR count). The Morgan fingerprint density at radius 2 is 2.06 bits per heavy atom. The van der Waals surface area contributed by atoms with Crippen molar-refractivity contribution in [1.29, 1.82) is 0 Å². The van der Waals surface area contributed by atoms with Crippen molar-refractivity contribution in [3.63, 3.8) is 0 Å². The first-order chi connectivity index (χ1) is 15.9. The molecule has 4 aromatic rings. The number of halogens is 2. The van der Waals surface area contributed by atoms with Crippen molar-refractivity contribution in [3.05, 3.63) is 83.3 Å². The monoisotopic (exact) mass is 469 g/mol. The predicted molar refractivity (Wildman–Crippen MR) is 118 cm³/mol. The average molecular weight is 470 g/mol. The van der Waals surface area contributed by atoms with Crippen LogP contribution in [0.2, 0.25) is 0 Å². The smallest absolute Gasteiger partial charge is 0.306 e. The highest BCUT2D eigenvalue weighted by Crippen LogP contribution is 2.38. The molecule has 0 spiro atoms. The van der Waals surface area contributed by atoms with E-state index < -0.39 is 23.3 Å². The molecule has 0 saturated heterocycles. The molecule has 0 aliphatic carbocycles. The second kappa shape index (κ2) is 8.69. The number of fused-ring (bicyclic) bond motifs is 1. The lowest BCUT2D eigenvalue weighted by Gasteiger charge is -2.41. The molecule has 0 bridgehead atoms. The van der Waals surface area contributed by atoms with Gasteiger partial charge in [0.1, 0.15) is 30.1 Å². The Kier molecular flexibility index (Phi) is 5.73. The first kappa shape index (κ1) is 21.7. The molecule has 4 heterocycles. The number of aromatic amines is 1. The summed E-state index contributed by atoms with van der Waals surface area (Å²) in [4.78, 5) is 16.6. The minimum atomic E-state index is -1.63. The molecule has 0 fully saturated rings. The van der Waals surface area contributed by atoms with E-state index >= 15 is 0 Å². The maximum Gasteiger partial charge on any atom is 0.306 e. The van der Waals surface area contributed by atoms with Crippen LogP contribution in [0.4, 0.5) is 8.78 Å². The standard InChI is InChI=1S/C23H22F2N6OS/c1-15(23(32,11-31-14-28-13-29-31)19-3-2-18(24)7-20(19)25)30-5-4-16-6-21(33-22(16)10-30)17-8-26-12-27-9-17/h2-3,6-9,12-15,32H,4-5,10-11H2,1H3/p+1/t15-,23-/m1/s1. The van der Waals surface area contributed by atoms with Crippen LogP contribution in [-0.2, 0) is 25.1 Å². The van der Waals surface area contributed by atoms with Crippen molar-refractivity contribution < 1.29 is 18.6 Å². The second-order valence-electron chi connectivity index (χ2n) is 8.28. The van der Waals surface area contributed by atoms with Crippen LogP contribution in [0.1, 0.15) is 22.9 Å². The van der Waals surface area contributed by atoms with Crippen molar-refractivity contribution in [2.75, 3.05) is 6.54 Å². The van der Waals surface area contributed by atoms with E-state index in [2.05, 4.69) is 31.0 Å². The summed E-state index contributed by atoms with van der Waals surface area (Å²) in [5.74, 6) is -1.45. The van der Waals surface area contributed by atoms with Crippen molar-refractivity contribution in [2.45, 2.75) is 38.1 Å².